The van der Waals surface area contributed by atoms with Crippen LogP contribution < -0.4 is 10.5 Å². The van der Waals surface area contributed by atoms with E-state index in [0.717, 1.165) is 0 Å². The minimum Gasteiger partial charge on any atom is -0.485 e. The number of rotatable bonds is 6. The maximum atomic E-state index is 12.8. The summed E-state index contributed by atoms with van der Waals surface area (Å²) in [6, 6.07) is 0.952. The SMILES string of the molecule is CN(CCCOc1c(N)cc(C(F)(F)F)cc1[N+](=O)[O-])C(=O)OC(C)(C)C. The number of benzene rings is 1. The van der Waals surface area contributed by atoms with E-state index in [4.69, 9.17) is 15.2 Å². The summed E-state index contributed by atoms with van der Waals surface area (Å²) in [4.78, 5) is 23.1. The number of nitro groups is 1. The Morgan fingerprint density at radius 1 is 1.30 bits per heavy atom. The van der Waals surface area contributed by atoms with E-state index in [0.29, 0.717) is 12.1 Å². The molecule has 1 aromatic rings. The van der Waals surface area contributed by atoms with Gasteiger partial charge in [0.05, 0.1) is 22.8 Å². The van der Waals surface area contributed by atoms with E-state index in [1.165, 1.54) is 11.9 Å². The highest BCUT2D eigenvalue weighted by Gasteiger charge is 2.34. The van der Waals surface area contributed by atoms with Gasteiger partial charge in [0.1, 0.15) is 5.60 Å². The molecule has 0 aliphatic rings. The van der Waals surface area contributed by atoms with Gasteiger partial charge in [-0.1, -0.05) is 0 Å². The fraction of sp³-hybridized carbons (Fsp3) is 0.562. The Morgan fingerprint density at radius 2 is 1.89 bits per heavy atom. The highest BCUT2D eigenvalue weighted by atomic mass is 19.4. The van der Waals surface area contributed by atoms with Crippen molar-refractivity contribution in [2.45, 2.75) is 39.0 Å². The van der Waals surface area contributed by atoms with Crippen molar-refractivity contribution in [1.29, 1.82) is 0 Å². The molecule has 0 fully saturated rings. The number of nitrogen functional groups attached to an aromatic ring is 1. The molecule has 0 aromatic heterocycles. The maximum Gasteiger partial charge on any atom is 0.416 e. The number of anilines is 1. The molecule has 0 heterocycles. The zero-order valence-corrected chi connectivity index (χ0v) is 15.4. The molecule has 1 aromatic carbocycles. The molecule has 0 unspecified atom stereocenters. The van der Waals surface area contributed by atoms with E-state index >= 15 is 0 Å². The number of nitrogens with zero attached hydrogens (tertiary/aromatic N) is 2. The number of hydrogen-bond donors (Lipinski definition) is 1. The third-order valence-corrected chi connectivity index (χ3v) is 3.21. The largest absolute Gasteiger partial charge is 0.485 e. The van der Waals surface area contributed by atoms with Crippen molar-refractivity contribution < 1.29 is 32.4 Å². The summed E-state index contributed by atoms with van der Waals surface area (Å²) in [5.74, 6) is -0.437. The molecule has 0 atom stereocenters. The molecule has 0 radical (unpaired) electrons. The molecule has 0 saturated heterocycles. The van der Waals surface area contributed by atoms with Gasteiger partial charge >= 0.3 is 18.0 Å². The molecule has 0 spiro atoms. The van der Waals surface area contributed by atoms with Gasteiger partial charge in [-0.3, -0.25) is 10.1 Å². The van der Waals surface area contributed by atoms with Gasteiger partial charge in [0.25, 0.3) is 0 Å². The molecule has 27 heavy (non-hydrogen) atoms. The zero-order valence-electron chi connectivity index (χ0n) is 15.4. The molecule has 152 valence electrons. The topological polar surface area (TPSA) is 108 Å². The minimum absolute atomic E-state index is 0.0937. The summed E-state index contributed by atoms with van der Waals surface area (Å²) in [5, 5.41) is 11.0. The molecule has 1 amide bonds. The van der Waals surface area contributed by atoms with Gasteiger partial charge in [-0.05, 0) is 33.3 Å². The van der Waals surface area contributed by atoms with Crippen molar-refractivity contribution in [2.24, 2.45) is 0 Å². The molecule has 0 aliphatic heterocycles. The van der Waals surface area contributed by atoms with Crippen LogP contribution in [0, 0.1) is 10.1 Å². The number of ether oxygens (including phenoxy) is 2. The maximum absolute atomic E-state index is 12.8. The first kappa shape index (κ1) is 22.3. The van der Waals surface area contributed by atoms with E-state index in [1.807, 2.05) is 0 Å². The summed E-state index contributed by atoms with van der Waals surface area (Å²) in [5.41, 5.74) is 2.25. The smallest absolute Gasteiger partial charge is 0.416 e. The third-order valence-electron chi connectivity index (χ3n) is 3.21. The Kier molecular flexibility index (Phi) is 6.87. The van der Waals surface area contributed by atoms with Gasteiger partial charge in [0.2, 0.25) is 5.75 Å². The number of carbonyl (C=O) groups excluding carboxylic acids is 1. The van der Waals surface area contributed by atoms with Crippen LogP contribution >= 0.6 is 0 Å². The highest BCUT2D eigenvalue weighted by Crippen LogP contribution is 2.40. The van der Waals surface area contributed by atoms with Crippen LogP contribution in [0.25, 0.3) is 0 Å². The van der Waals surface area contributed by atoms with Crippen molar-refractivity contribution in [3.63, 3.8) is 0 Å². The van der Waals surface area contributed by atoms with Crippen LogP contribution in [0.2, 0.25) is 0 Å². The van der Waals surface area contributed by atoms with Gasteiger partial charge in [-0.15, -0.1) is 0 Å². The number of nitro benzene ring substituents is 1. The molecule has 11 heteroatoms. The number of alkyl halides is 3. The zero-order chi connectivity index (χ0) is 21.0. The first-order valence-corrected chi connectivity index (χ1v) is 7.94. The van der Waals surface area contributed by atoms with E-state index in [1.54, 1.807) is 20.8 Å². The van der Waals surface area contributed by atoms with Crippen LogP contribution in [0.4, 0.5) is 29.3 Å². The lowest BCUT2D eigenvalue weighted by Gasteiger charge is -2.24. The third kappa shape index (κ3) is 6.83. The molecule has 1 rings (SSSR count). The van der Waals surface area contributed by atoms with E-state index in [-0.39, 0.29) is 19.6 Å². The van der Waals surface area contributed by atoms with Crippen LogP contribution in [0.1, 0.15) is 32.8 Å². The van der Waals surface area contributed by atoms with Crippen LogP contribution in [0.15, 0.2) is 12.1 Å². The fourth-order valence-corrected chi connectivity index (χ4v) is 2.00. The Hall–Kier alpha value is -2.72. The molecular formula is C16H22F3N3O5. The molecule has 0 saturated carbocycles. The summed E-state index contributed by atoms with van der Waals surface area (Å²) >= 11 is 0. The molecule has 0 aliphatic carbocycles. The number of hydrogen-bond acceptors (Lipinski definition) is 6. The van der Waals surface area contributed by atoms with Crippen molar-refractivity contribution >= 4 is 17.5 Å². The number of nitrogens with two attached hydrogens (primary N) is 1. The standard InChI is InChI=1S/C16H22F3N3O5/c1-15(2,3)27-14(23)21(4)6-5-7-26-13-11(20)8-10(16(17,18)19)9-12(13)22(24)25/h8-9H,5-7,20H2,1-4H3. The highest BCUT2D eigenvalue weighted by molar-refractivity contribution is 5.67. The first-order chi connectivity index (χ1) is 12.2. The van der Waals surface area contributed by atoms with E-state index in [2.05, 4.69) is 0 Å². The number of halogens is 3. The van der Waals surface area contributed by atoms with Gasteiger partial charge in [-0.25, -0.2) is 4.79 Å². The predicted molar refractivity (Wildman–Crippen MR) is 91.5 cm³/mol. The van der Waals surface area contributed by atoms with Gasteiger partial charge < -0.3 is 20.1 Å². The van der Waals surface area contributed by atoms with Crippen molar-refractivity contribution in [2.75, 3.05) is 25.9 Å². The normalized spacial score (nSPS) is 11.8. The summed E-state index contributed by atoms with van der Waals surface area (Å²) in [7, 11) is 1.50. The lowest BCUT2D eigenvalue weighted by atomic mass is 10.1. The second kappa shape index (κ2) is 8.31. The van der Waals surface area contributed by atoms with Gasteiger partial charge in [-0.2, -0.15) is 13.2 Å². The lowest BCUT2D eigenvalue weighted by Crippen LogP contribution is -2.35. The van der Waals surface area contributed by atoms with Gasteiger partial charge in [0.15, 0.2) is 0 Å². The van der Waals surface area contributed by atoms with Crippen molar-refractivity contribution in [3.8, 4) is 5.75 Å². The second-order valence-corrected chi connectivity index (χ2v) is 6.77. The van der Waals surface area contributed by atoms with Crippen molar-refractivity contribution in [3.05, 3.63) is 27.8 Å². The minimum atomic E-state index is -4.77. The Bertz CT molecular complexity index is 702. The quantitative estimate of drug-likeness (QED) is 0.341. The molecule has 8 nitrogen and oxygen atoms in total. The molecule has 0 bridgehead atoms. The number of amides is 1. The van der Waals surface area contributed by atoms with Crippen LogP contribution in [0.5, 0.6) is 5.75 Å². The fourth-order valence-electron chi connectivity index (χ4n) is 2.00. The monoisotopic (exact) mass is 393 g/mol. The lowest BCUT2D eigenvalue weighted by molar-refractivity contribution is -0.386. The van der Waals surface area contributed by atoms with Crippen LogP contribution in [-0.4, -0.2) is 41.7 Å². The van der Waals surface area contributed by atoms with E-state index in [9.17, 15) is 28.1 Å². The van der Waals surface area contributed by atoms with Crippen LogP contribution in [-0.2, 0) is 10.9 Å². The average Bonchev–Trinajstić information content (AvgIpc) is 2.48. The molecular weight excluding hydrogens is 371 g/mol. The van der Waals surface area contributed by atoms with Crippen LogP contribution in [0.3, 0.4) is 0 Å². The predicted octanol–water partition coefficient (Wildman–Crippen LogP) is 3.83. The summed E-state index contributed by atoms with van der Waals surface area (Å²) in [6.07, 6.45) is -5.07. The summed E-state index contributed by atoms with van der Waals surface area (Å²) in [6.45, 7) is 5.27. The Morgan fingerprint density at radius 3 is 2.37 bits per heavy atom. The van der Waals surface area contributed by atoms with E-state index < -0.39 is 45.5 Å². The Balaban J connectivity index is 2.75. The number of carbonyl (C=O) groups is 1. The summed E-state index contributed by atoms with van der Waals surface area (Å²) < 4.78 is 48.7. The first-order valence-electron chi connectivity index (χ1n) is 7.94. The Labute approximate surface area is 154 Å². The average molecular weight is 393 g/mol. The van der Waals surface area contributed by atoms with Gasteiger partial charge in [0, 0.05) is 19.7 Å². The molecule has 2 N–H and O–H groups in total. The van der Waals surface area contributed by atoms with Crippen molar-refractivity contribution in [1.82, 2.24) is 4.90 Å². The second-order valence-electron chi connectivity index (χ2n) is 6.77.